The van der Waals surface area contributed by atoms with Gasteiger partial charge in [-0.15, -0.1) is 0 Å². The summed E-state index contributed by atoms with van der Waals surface area (Å²) in [5.74, 6) is -0.931. The van der Waals surface area contributed by atoms with Crippen LogP contribution in [0.5, 0.6) is 0 Å². The lowest BCUT2D eigenvalue weighted by Gasteiger charge is -2.38. The van der Waals surface area contributed by atoms with E-state index in [1.54, 1.807) is 14.0 Å². The molecule has 0 aromatic heterocycles. The summed E-state index contributed by atoms with van der Waals surface area (Å²) in [4.78, 5) is 26.2. The highest BCUT2D eigenvalue weighted by molar-refractivity contribution is 5.76. The summed E-state index contributed by atoms with van der Waals surface area (Å²) in [5, 5.41) is 19.3. The van der Waals surface area contributed by atoms with Crippen LogP contribution in [0.25, 0.3) is 0 Å². The molecule has 1 aliphatic heterocycles. The third-order valence-electron chi connectivity index (χ3n) is 3.87. The van der Waals surface area contributed by atoms with Gasteiger partial charge < -0.3 is 24.7 Å². The molecule has 0 aliphatic carbocycles. The van der Waals surface area contributed by atoms with E-state index in [-0.39, 0.29) is 25.0 Å². The average molecular weight is 302 g/mol. The summed E-state index contributed by atoms with van der Waals surface area (Å²) < 4.78 is 5.22. The van der Waals surface area contributed by atoms with Gasteiger partial charge in [0.1, 0.15) is 0 Å². The predicted molar refractivity (Wildman–Crippen MR) is 77.1 cm³/mol. The van der Waals surface area contributed by atoms with E-state index in [1.807, 2.05) is 6.92 Å². The van der Waals surface area contributed by atoms with E-state index in [4.69, 9.17) is 9.84 Å². The largest absolute Gasteiger partial charge is 0.481 e. The maximum Gasteiger partial charge on any atom is 0.320 e. The van der Waals surface area contributed by atoms with E-state index >= 15 is 0 Å². The summed E-state index contributed by atoms with van der Waals surface area (Å²) in [6, 6.07) is -0.641. The first-order chi connectivity index (χ1) is 9.79. The maximum atomic E-state index is 12.4. The van der Waals surface area contributed by atoms with Crippen LogP contribution in [0.15, 0.2) is 0 Å². The van der Waals surface area contributed by atoms with Gasteiger partial charge in [0.05, 0.1) is 18.6 Å². The SMILES string of the molecule is CCN(C(=O)N(C)CC1(O)CCOCC1)C(C)CC(=O)O. The van der Waals surface area contributed by atoms with Crippen molar-refractivity contribution in [3.8, 4) is 0 Å². The van der Waals surface area contributed by atoms with Crippen LogP contribution in [0, 0.1) is 0 Å². The van der Waals surface area contributed by atoms with E-state index in [0.717, 1.165) is 0 Å². The number of carboxylic acid groups (broad SMARTS) is 1. The number of carbonyl (C=O) groups excluding carboxylic acids is 1. The van der Waals surface area contributed by atoms with Crippen LogP contribution in [-0.4, -0.2) is 77.0 Å². The van der Waals surface area contributed by atoms with Crippen LogP contribution in [0.4, 0.5) is 4.79 Å². The van der Waals surface area contributed by atoms with Gasteiger partial charge in [-0.2, -0.15) is 0 Å². The molecule has 21 heavy (non-hydrogen) atoms. The maximum absolute atomic E-state index is 12.4. The van der Waals surface area contributed by atoms with Crippen LogP contribution >= 0.6 is 0 Å². The van der Waals surface area contributed by atoms with Crippen LogP contribution in [0.2, 0.25) is 0 Å². The Bertz CT molecular complexity index is 368. The van der Waals surface area contributed by atoms with Gasteiger partial charge in [-0.1, -0.05) is 0 Å². The average Bonchev–Trinajstić information content (AvgIpc) is 2.38. The Morgan fingerprint density at radius 1 is 1.33 bits per heavy atom. The van der Waals surface area contributed by atoms with Crippen molar-refractivity contribution in [3.05, 3.63) is 0 Å². The Hall–Kier alpha value is -1.34. The molecule has 122 valence electrons. The quantitative estimate of drug-likeness (QED) is 0.756. The lowest BCUT2D eigenvalue weighted by molar-refractivity contribution is -0.138. The molecule has 0 aromatic rings. The second-order valence-electron chi connectivity index (χ2n) is 5.71. The number of carboxylic acids is 1. The fraction of sp³-hybridized carbons (Fsp3) is 0.857. The summed E-state index contributed by atoms with van der Waals surface area (Å²) >= 11 is 0. The number of aliphatic carboxylic acids is 1. The van der Waals surface area contributed by atoms with Crippen molar-refractivity contribution in [1.29, 1.82) is 0 Å². The van der Waals surface area contributed by atoms with Gasteiger partial charge in [0.25, 0.3) is 0 Å². The molecule has 1 unspecified atom stereocenters. The van der Waals surface area contributed by atoms with Crippen molar-refractivity contribution in [2.75, 3.05) is 33.4 Å². The third-order valence-corrected chi connectivity index (χ3v) is 3.87. The third kappa shape index (κ3) is 5.17. The monoisotopic (exact) mass is 302 g/mol. The Balaban J connectivity index is 2.63. The van der Waals surface area contributed by atoms with Gasteiger partial charge in [-0.3, -0.25) is 4.79 Å². The van der Waals surface area contributed by atoms with Gasteiger partial charge in [0.2, 0.25) is 0 Å². The van der Waals surface area contributed by atoms with Crippen molar-refractivity contribution >= 4 is 12.0 Å². The number of hydrogen-bond donors (Lipinski definition) is 2. The summed E-state index contributed by atoms with van der Waals surface area (Å²) in [6.07, 6.45) is 0.911. The smallest absolute Gasteiger partial charge is 0.320 e. The molecule has 1 rings (SSSR count). The second kappa shape index (κ2) is 7.61. The number of ether oxygens (including phenoxy) is 1. The molecule has 2 N–H and O–H groups in total. The summed E-state index contributed by atoms with van der Waals surface area (Å²) in [6.45, 7) is 5.17. The number of hydrogen-bond acceptors (Lipinski definition) is 4. The highest BCUT2D eigenvalue weighted by atomic mass is 16.5. The molecule has 7 nitrogen and oxygen atoms in total. The van der Waals surface area contributed by atoms with Gasteiger partial charge in [-0.25, -0.2) is 4.79 Å². The predicted octanol–water partition coefficient (Wildman–Crippen LogP) is 0.765. The number of nitrogens with zero attached hydrogens (tertiary/aromatic N) is 2. The van der Waals surface area contributed by atoms with Crippen molar-refractivity contribution in [1.82, 2.24) is 9.80 Å². The molecule has 1 aliphatic rings. The number of likely N-dealkylation sites (N-methyl/N-ethyl adjacent to an activating group) is 1. The Kier molecular flexibility index (Phi) is 6.42. The van der Waals surface area contributed by atoms with E-state index in [0.29, 0.717) is 32.6 Å². The zero-order valence-electron chi connectivity index (χ0n) is 13.0. The second-order valence-corrected chi connectivity index (χ2v) is 5.71. The fourth-order valence-electron chi connectivity index (χ4n) is 2.64. The Morgan fingerprint density at radius 2 is 1.90 bits per heavy atom. The van der Waals surface area contributed by atoms with Gasteiger partial charge >= 0.3 is 12.0 Å². The van der Waals surface area contributed by atoms with Gasteiger partial charge in [-0.05, 0) is 13.8 Å². The van der Waals surface area contributed by atoms with Crippen LogP contribution in [0.1, 0.15) is 33.1 Å². The van der Waals surface area contributed by atoms with E-state index in [2.05, 4.69) is 0 Å². The first-order valence-corrected chi connectivity index (χ1v) is 7.32. The summed E-state index contributed by atoms with van der Waals surface area (Å²) in [5.41, 5.74) is -0.919. The minimum Gasteiger partial charge on any atom is -0.481 e. The van der Waals surface area contributed by atoms with Crippen LogP contribution in [-0.2, 0) is 9.53 Å². The van der Waals surface area contributed by atoms with Gasteiger partial charge in [0.15, 0.2) is 0 Å². The van der Waals surface area contributed by atoms with Crippen LogP contribution in [0.3, 0.4) is 0 Å². The van der Waals surface area contributed by atoms with E-state index in [9.17, 15) is 14.7 Å². The van der Waals surface area contributed by atoms with Crippen molar-refractivity contribution < 1.29 is 24.5 Å². The standard InChI is InChI=1S/C14H26N2O5/c1-4-16(11(2)9-12(17)18)13(19)15(3)10-14(20)5-7-21-8-6-14/h11,20H,4-10H2,1-3H3,(H,17,18). The number of urea groups is 1. The number of amides is 2. The molecule has 0 bridgehead atoms. The van der Waals surface area contributed by atoms with E-state index < -0.39 is 11.6 Å². The molecule has 2 amide bonds. The number of carbonyl (C=O) groups is 2. The van der Waals surface area contributed by atoms with Crippen molar-refractivity contribution in [3.63, 3.8) is 0 Å². The normalized spacial score (nSPS) is 18.9. The molecular formula is C14H26N2O5. The first kappa shape index (κ1) is 17.7. The van der Waals surface area contributed by atoms with Crippen molar-refractivity contribution in [2.45, 2.75) is 44.8 Å². The Labute approximate surface area is 125 Å². The first-order valence-electron chi connectivity index (χ1n) is 7.32. The lowest BCUT2D eigenvalue weighted by atomic mass is 9.94. The fourth-order valence-corrected chi connectivity index (χ4v) is 2.64. The zero-order chi connectivity index (χ0) is 16.0. The van der Waals surface area contributed by atoms with E-state index in [1.165, 1.54) is 9.80 Å². The Morgan fingerprint density at radius 3 is 2.38 bits per heavy atom. The molecular weight excluding hydrogens is 276 g/mol. The lowest BCUT2D eigenvalue weighted by Crippen LogP contribution is -2.52. The van der Waals surface area contributed by atoms with Gasteiger partial charge in [0, 0.05) is 45.7 Å². The van der Waals surface area contributed by atoms with Crippen molar-refractivity contribution in [2.24, 2.45) is 0 Å². The minimum atomic E-state index is -0.931. The molecule has 1 atom stereocenters. The highest BCUT2D eigenvalue weighted by Crippen LogP contribution is 2.22. The molecule has 0 saturated carbocycles. The highest BCUT2D eigenvalue weighted by Gasteiger charge is 2.34. The minimum absolute atomic E-state index is 0.0917. The number of rotatable bonds is 6. The molecule has 0 spiro atoms. The zero-order valence-corrected chi connectivity index (χ0v) is 13.0. The summed E-state index contributed by atoms with van der Waals surface area (Å²) in [7, 11) is 1.63. The van der Waals surface area contributed by atoms with Crippen LogP contribution < -0.4 is 0 Å². The molecule has 0 aromatic carbocycles. The molecule has 0 radical (unpaired) electrons. The molecule has 1 heterocycles. The molecule has 1 saturated heterocycles. The molecule has 1 fully saturated rings. The molecule has 7 heteroatoms. The number of aliphatic hydroxyl groups is 1. The topological polar surface area (TPSA) is 90.3 Å².